The van der Waals surface area contributed by atoms with Crippen molar-refractivity contribution in [1.82, 2.24) is 0 Å². The Morgan fingerprint density at radius 2 is 2.28 bits per heavy atom. The first kappa shape index (κ1) is 14.1. The minimum atomic E-state index is 0.0461. The summed E-state index contributed by atoms with van der Waals surface area (Å²) in [6, 6.07) is 5.48. The Morgan fingerprint density at radius 1 is 1.56 bits per heavy atom. The zero-order valence-electron chi connectivity index (χ0n) is 9.65. The molecule has 0 aromatic heterocycles. The predicted molar refractivity (Wildman–Crippen MR) is 83.2 cm³/mol. The van der Waals surface area contributed by atoms with Crippen molar-refractivity contribution in [3.8, 4) is 0 Å². The summed E-state index contributed by atoms with van der Waals surface area (Å²) in [5.41, 5.74) is 0.833. The van der Waals surface area contributed by atoms with Crippen LogP contribution in [0.4, 0.5) is 5.69 Å². The normalized spacial score (nSPS) is 19.4. The van der Waals surface area contributed by atoms with Crippen LogP contribution in [-0.2, 0) is 9.59 Å². The lowest BCUT2D eigenvalue weighted by atomic mass is 10.3. The van der Waals surface area contributed by atoms with Crippen LogP contribution in [0.25, 0.3) is 0 Å². The predicted octanol–water partition coefficient (Wildman–Crippen LogP) is 3.33. The van der Waals surface area contributed by atoms with E-state index in [2.05, 4.69) is 22.6 Å². The van der Waals surface area contributed by atoms with E-state index in [1.807, 2.05) is 6.07 Å². The summed E-state index contributed by atoms with van der Waals surface area (Å²) in [5, 5.41) is 0.709. The average Bonchev–Trinajstić information content (AvgIpc) is 2.62. The molecule has 1 atom stereocenters. The van der Waals surface area contributed by atoms with Gasteiger partial charge in [-0.05, 0) is 40.8 Å². The van der Waals surface area contributed by atoms with Crippen LogP contribution in [0.15, 0.2) is 18.2 Å². The van der Waals surface area contributed by atoms with Gasteiger partial charge in [-0.2, -0.15) is 0 Å². The van der Waals surface area contributed by atoms with Gasteiger partial charge < -0.3 is 4.90 Å². The molecule has 0 spiro atoms. The number of hydrogen-bond acceptors (Lipinski definition) is 3. The minimum Gasteiger partial charge on any atom is -0.310 e. The third kappa shape index (κ3) is 3.19. The summed E-state index contributed by atoms with van der Waals surface area (Å²) < 4.78 is 0.985. The zero-order valence-corrected chi connectivity index (χ0v) is 13.4. The van der Waals surface area contributed by atoms with E-state index in [9.17, 15) is 9.59 Å². The Bertz CT molecular complexity index is 509. The third-order valence-corrected chi connectivity index (χ3v) is 4.75. The fourth-order valence-electron chi connectivity index (χ4n) is 1.91. The molecule has 96 valence electrons. The van der Waals surface area contributed by atoms with Crippen molar-refractivity contribution in [2.24, 2.45) is 0 Å². The molecule has 0 radical (unpaired) electrons. The van der Waals surface area contributed by atoms with E-state index in [-0.39, 0.29) is 16.3 Å². The maximum atomic E-state index is 12.0. The van der Waals surface area contributed by atoms with Gasteiger partial charge in [-0.3, -0.25) is 9.59 Å². The fraction of sp³-hybridized carbons (Fsp3) is 0.333. The second-order valence-corrected chi connectivity index (χ2v) is 7.11. The fourth-order valence-corrected chi connectivity index (χ4v) is 3.63. The molecule has 0 aliphatic carbocycles. The Labute approximate surface area is 128 Å². The Morgan fingerprint density at radius 3 is 2.94 bits per heavy atom. The first-order valence-electron chi connectivity index (χ1n) is 5.40. The number of halogens is 2. The highest BCUT2D eigenvalue weighted by molar-refractivity contribution is 14.1. The largest absolute Gasteiger partial charge is 0.310 e. The van der Waals surface area contributed by atoms with Gasteiger partial charge >= 0.3 is 0 Å². The van der Waals surface area contributed by atoms with Gasteiger partial charge in [-0.25, -0.2) is 0 Å². The highest BCUT2D eigenvalue weighted by Crippen LogP contribution is 2.32. The molecule has 6 heteroatoms. The van der Waals surface area contributed by atoms with Crippen LogP contribution in [0.1, 0.15) is 13.3 Å². The second-order valence-electron chi connectivity index (χ2n) is 4.04. The molecule has 2 rings (SSSR count). The van der Waals surface area contributed by atoms with Gasteiger partial charge in [0.05, 0.1) is 5.69 Å². The van der Waals surface area contributed by atoms with E-state index in [1.165, 1.54) is 18.7 Å². The first-order chi connectivity index (χ1) is 8.47. The van der Waals surface area contributed by atoms with Crippen LogP contribution in [0.3, 0.4) is 0 Å². The van der Waals surface area contributed by atoms with Crippen LogP contribution in [-0.4, -0.2) is 22.8 Å². The minimum absolute atomic E-state index is 0.0461. The number of thioether (sulfide) groups is 1. The second kappa shape index (κ2) is 5.79. The van der Waals surface area contributed by atoms with Crippen LogP contribution >= 0.6 is 46.0 Å². The average molecular weight is 396 g/mol. The number of carbonyl (C=O) groups is 2. The number of anilines is 1. The van der Waals surface area contributed by atoms with Crippen molar-refractivity contribution < 1.29 is 9.59 Å². The van der Waals surface area contributed by atoms with Crippen LogP contribution in [0.2, 0.25) is 5.02 Å². The third-order valence-electron chi connectivity index (χ3n) is 2.62. The Hall–Kier alpha value is -0.270. The van der Waals surface area contributed by atoms with E-state index in [0.29, 0.717) is 18.0 Å². The van der Waals surface area contributed by atoms with Crippen molar-refractivity contribution in [2.45, 2.75) is 18.6 Å². The molecular formula is C12H11ClINO2S. The number of carbonyl (C=O) groups excluding carboxylic acids is 2. The van der Waals surface area contributed by atoms with E-state index < -0.39 is 0 Å². The smallest absolute Gasteiger partial charge is 0.228 e. The van der Waals surface area contributed by atoms with Gasteiger partial charge in [0.2, 0.25) is 5.91 Å². The zero-order chi connectivity index (χ0) is 13.3. The molecule has 1 aromatic rings. The maximum absolute atomic E-state index is 12.0. The molecule has 1 aliphatic heterocycles. The molecule has 18 heavy (non-hydrogen) atoms. The molecule has 1 saturated heterocycles. The standard InChI is InChI=1S/C12H11ClINO2S/c1-7(16)18-9-5-12(17)15(6-9)11-4-8(13)2-3-10(11)14/h2-4,9H,5-6H2,1H3. The number of rotatable bonds is 2. The van der Waals surface area contributed by atoms with Crippen LogP contribution in [0, 0.1) is 3.57 Å². The Kier molecular flexibility index (Phi) is 4.55. The summed E-state index contributed by atoms with van der Waals surface area (Å²) in [7, 11) is 0. The lowest BCUT2D eigenvalue weighted by Crippen LogP contribution is -2.25. The lowest BCUT2D eigenvalue weighted by Gasteiger charge is -2.18. The lowest BCUT2D eigenvalue weighted by molar-refractivity contribution is -0.117. The van der Waals surface area contributed by atoms with Crippen molar-refractivity contribution in [3.05, 3.63) is 26.8 Å². The van der Waals surface area contributed by atoms with E-state index in [1.54, 1.807) is 17.0 Å². The number of nitrogens with zero attached hydrogens (tertiary/aromatic N) is 1. The highest BCUT2D eigenvalue weighted by atomic mass is 127. The SMILES string of the molecule is CC(=O)SC1CC(=O)N(c2cc(Cl)ccc2I)C1. The molecule has 1 amide bonds. The quantitative estimate of drug-likeness (QED) is 0.721. The molecule has 1 aliphatic rings. The summed E-state index contributed by atoms with van der Waals surface area (Å²) >= 11 is 9.38. The van der Waals surface area contributed by atoms with Crippen molar-refractivity contribution in [2.75, 3.05) is 11.4 Å². The van der Waals surface area contributed by atoms with Gasteiger partial charge in [-0.1, -0.05) is 23.4 Å². The molecule has 0 N–H and O–H groups in total. The molecule has 0 saturated carbocycles. The molecule has 1 fully saturated rings. The van der Waals surface area contributed by atoms with Gasteiger partial charge in [0.1, 0.15) is 0 Å². The monoisotopic (exact) mass is 395 g/mol. The summed E-state index contributed by atoms with van der Waals surface area (Å²) in [5.74, 6) is 0.0499. The topological polar surface area (TPSA) is 37.4 Å². The van der Waals surface area contributed by atoms with E-state index >= 15 is 0 Å². The summed E-state index contributed by atoms with van der Waals surface area (Å²) in [6.07, 6.45) is 0.410. The molecule has 0 bridgehead atoms. The molecule has 3 nitrogen and oxygen atoms in total. The Balaban J connectivity index is 2.21. The molecule has 1 unspecified atom stereocenters. The van der Waals surface area contributed by atoms with Gasteiger partial charge in [-0.15, -0.1) is 0 Å². The maximum Gasteiger partial charge on any atom is 0.228 e. The van der Waals surface area contributed by atoms with E-state index in [0.717, 1.165) is 9.26 Å². The van der Waals surface area contributed by atoms with Crippen LogP contribution < -0.4 is 4.90 Å². The number of amides is 1. The van der Waals surface area contributed by atoms with Gasteiger partial charge in [0, 0.05) is 33.7 Å². The van der Waals surface area contributed by atoms with Crippen molar-refractivity contribution in [1.29, 1.82) is 0 Å². The molecular weight excluding hydrogens is 385 g/mol. The van der Waals surface area contributed by atoms with E-state index in [4.69, 9.17) is 11.6 Å². The summed E-state index contributed by atoms with van der Waals surface area (Å²) in [4.78, 5) is 24.8. The van der Waals surface area contributed by atoms with Gasteiger partial charge in [0.25, 0.3) is 0 Å². The van der Waals surface area contributed by atoms with Crippen LogP contribution in [0.5, 0.6) is 0 Å². The number of hydrogen-bond donors (Lipinski definition) is 0. The highest BCUT2D eigenvalue weighted by Gasteiger charge is 2.32. The molecule has 1 aromatic carbocycles. The number of benzene rings is 1. The van der Waals surface area contributed by atoms with Crippen molar-refractivity contribution >= 4 is 62.7 Å². The first-order valence-corrected chi connectivity index (χ1v) is 7.73. The summed E-state index contributed by atoms with van der Waals surface area (Å²) in [6.45, 7) is 2.10. The van der Waals surface area contributed by atoms with Gasteiger partial charge in [0.15, 0.2) is 5.12 Å². The molecule has 1 heterocycles. The van der Waals surface area contributed by atoms with Crippen molar-refractivity contribution in [3.63, 3.8) is 0 Å².